The van der Waals surface area contributed by atoms with Gasteiger partial charge in [-0.15, -0.1) is 0 Å². The summed E-state index contributed by atoms with van der Waals surface area (Å²) in [5.74, 6) is 0. The van der Waals surface area contributed by atoms with Gasteiger partial charge in [-0.05, 0) is 38.5 Å². The fourth-order valence-corrected chi connectivity index (χ4v) is 1.17. The van der Waals surface area contributed by atoms with Gasteiger partial charge in [0.1, 0.15) is 0 Å². The van der Waals surface area contributed by atoms with Gasteiger partial charge in [0.2, 0.25) is 0 Å². The van der Waals surface area contributed by atoms with Gasteiger partial charge in [0.05, 0.1) is 12.1 Å². The van der Waals surface area contributed by atoms with E-state index in [-0.39, 0.29) is 0 Å². The van der Waals surface area contributed by atoms with Crippen LogP contribution in [0.5, 0.6) is 0 Å². The maximum absolute atomic E-state index is 8.30. The van der Waals surface area contributed by atoms with Crippen molar-refractivity contribution in [3.8, 4) is 12.1 Å². The lowest BCUT2D eigenvalue weighted by Gasteiger charge is -1.92. The fourth-order valence-electron chi connectivity index (χ4n) is 1.17. The topological polar surface area (TPSA) is 47.6 Å². The standard InChI is InChI=1S/C12H18N2/c13-11-9-7-5-3-1-2-4-6-8-10-12-14/h1-2H,3-10H2/b2-1+. The molecule has 0 bridgehead atoms. The molecule has 0 aromatic heterocycles. The van der Waals surface area contributed by atoms with Crippen molar-refractivity contribution in [2.75, 3.05) is 0 Å². The summed E-state index contributed by atoms with van der Waals surface area (Å²) in [6.45, 7) is 0. The smallest absolute Gasteiger partial charge is 0.0621 e. The van der Waals surface area contributed by atoms with Gasteiger partial charge in [-0.25, -0.2) is 0 Å². The van der Waals surface area contributed by atoms with Crippen molar-refractivity contribution in [1.29, 1.82) is 10.5 Å². The minimum absolute atomic E-state index is 0.677. The van der Waals surface area contributed by atoms with Crippen molar-refractivity contribution in [3.63, 3.8) is 0 Å². The third-order valence-corrected chi connectivity index (χ3v) is 1.99. The quantitative estimate of drug-likeness (QED) is 0.432. The van der Waals surface area contributed by atoms with Crippen LogP contribution in [0, 0.1) is 22.7 Å². The van der Waals surface area contributed by atoms with E-state index in [9.17, 15) is 0 Å². The Labute approximate surface area is 86.8 Å². The number of hydrogen-bond donors (Lipinski definition) is 0. The van der Waals surface area contributed by atoms with Crippen LogP contribution in [-0.2, 0) is 0 Å². The summed E-state index contributed by atoms with van der Waals surface area (Å²) < 4.78 is 0. The monoisotopic (exact) mass is 190 g/mol. The molecule has 0 heterocycles. The molecule has 0 saturated heterocycles. The first kappa shape index (κ1) is 12.7. The van der Waals surface area contributed by atoms with E-state index in [4.69, 9.17) is 10.5 Å². The van der Waals surface area contributed by atoms with E-state index in [0.717, 1.165) is 38.5 Å². The van der Waals surface area contributed by atoms with Crippen LogP contribution in [-0.4, -0.2) is 0 Å². The normalized spacial score (nSPS) is 9.86. The number of allylic oxidation sites excluding steroid dienone is 2. The number of nitrogens with zero attached hydrogens (tertiary/aromatic N) is 2. The summed E-state index contributed by atoms with van der Waals surface area (Å²) in [7, 11) is 0. The molecule has 0 spiro atoms. The second kappa shape index (κ2) is 11.7. The summed E-state index contributed by atoms with van der Waals surface area (Å²) in [5, 5.41) is 16.6. The number of rotatable bonds is 8. The first-order chi connectivity index (χ1) is 6.91. The van der Waals surface area contributed by atoms with Crippen molar-refractivity contribution >= 4 is 0 Å². The highest BCUT2D eigenvalue weighted by Gasteiger charge is 1.85. The van der Waals surface area contributed by atoms with Crippen LogP contribution in [0.2, 0.25) is 0 Å². The third kappa shape index (κ3) is 10.7. The van der Waals surface area contributed by atoms with Gasteiger partial charge in [-0.1, -0.05) is 12.2 Å². The highest BCUT2D eigenvalue weighted by atomic mass is 14.2. The predicted octanol–water partition coefficient (Wildman–Crippen LogP) is 3.71. The minimum Gasteiger partial charge on any atom is -0.198 e. The maximum Gasteiger partial charge on any atom is 0.0621 e. The first-order valence-corrected chi connectivity index (χ1v) is 5.30. The van der Waals surface area contributed by atoms with Gasteiger partial charge in [0.15, 0.2) is 0 Å². The van der Waals surface area contributed by atoms with E-state index in [0.29, 0.717) is 12.8 Å². The maximum atomic E-state index is 8.30. The van der Waals surface area contributed by atoms with Gasteiger partial charge in [0.25, 0.3) is 0 Å². The Bertz CT molecular complexity index is 193. The van der Waals surface area contributed by atoms with E-state index >= 15 is 0 Å². The molecule has 0 aliphatic carbocycles. The molecular weight excluding hydrogens is 172 g/mol. The average molecular weight is 190 g/mol. The molecular formula is C12H18N2. The second-order valence-electron chi connectivity index (χ2n) is 3.28. The van der Waals surface area contributed by atoms with Crippen molar-refractivity contribution in [2.45, 2.75) is 51.4 Å². The van der Waals surface area contributed by atoms with E-state index in [1.54, 1.807) is 0 Å². The molecule has 0 aromatic rings. The van der Waals surface area contributed by atoms with Crippen molar-refractivity contribution in [1.82, 2.24) is 0 Å². The minimum atomic E-state index is 0.677. The Morgan fingerprint density at radius 2 is 1.14 bits per heavy atom. The zero-order valence-corrected chi connectivity index (χ0v) is 8.71. The molecule has 0 unspecified atom stereocenters. The Balaban J connectivity index is 3.05. The molecule has 0 aliphatic heterocycles. The molecule has 0 saturated carbocycles. The van der Waals surface area contributed by atoms with E-state index < -0.39 is 0 Å². The van der Waals surface area contributed by atoms with Crippen molar-refractivity contribution in [3.05, 3.63) is 12.2 Å². The second-order valence-corrected chi connectivity index (χ2v) is 3.28. The predicted molar refractivity (Wildman–Crippen MR) is 57.3 cm³/mol. The highest BCUT2D eigenvalue weighted by Crippen LogP contribution is 2.03. The number of hydrogen-bond acceptors (Lipinski definition) is 2. The van der Waals surface area contributed by atoms with Crippen LogP contribution in [0.1, 0.15) is 51.4 Å². The Morgan fingerprint density at radius 3 is 1.50 bits per heavy atom. The number of unbranched alkanes of at least 4 members (excludes halogenated alkanes) is 6. The van der Waals surface area contributed by atoms with Crippen LogP contribution >= 0.6 is 0 Å². The lowest BCUT2D eigenvalue weighted by molar-refractivity contribution is 0.750. The van der Waals surface area contributed by atoms with Crippen LogP contribution in [0.4, 0.5) is 0 Å². The van der Waals surface area contributed by atoms with Crippen LogP contribution in [0.15, 0.2) is 12.2 Å². The molecule has 0 fully saturated rings. The molecule has 76 valence electrons. The Hall–Kier alpha value is -1.28. The number of nitriles is 2. The molecule has 0 aromatic carbocycles. The zero-order valence-electron chi connectivity index (χ0n) is 8.71. The fraction of sp³-hybridized carbons (Fsp3) is 0.667. The summed E-state index contributed by atoms with van der Waals surface area (Å²) in [6.07, 6.45) is 12.1. The van der Waals surface area contributed by atoms with Gasteiger partial charge >= 0.3 is 0 Å². The van der Waals surface area contributed by atoms with Gasteiger partial charge < -0.3 is 0 Å². The summed E-state index contributed by atoms with van der Waals surface area (Å²) >= 11 is 0. The largest absolute Gasteiger partial charge is 0.198 e. The van der Waals surface area contributed by atoms with Gasteiger partial charge in [-0.3, -0.25) is 0 Å². The lowest BCUT2D eigenvalue weighted by Crippen LogP contribution is -1.74. The van der Waals surface area contributed by atoms with Crippen molar-refractivity contribution < 1.29 is 0 Å². The Kier molecular flexibility index (Phi) is 10.6. The van der Waals surface area contributed by atoms with Crippen LogP contribution in [0.3, 0.4) is 0 Å². The Morgan fingerprint density at radius 1 is 0.714 bits per heavy atom. The highest BCUT2D eigenvalue weighted by molar-refractivity contribution is 4.82. The molecule has 0 amide bonds. The molecule has 14 heavy (non-hydrogen) atoms. The third-order valence-electron chi connectivity index (χ3n) is 1.99. The van der Waals surface area contributed by atoms with E-state index in [2.05, 4.69) is 24.3 Å². The van der Waals surface area contributed by atoms with Crippen molar-refractivity contribution in [2.24, 2.45) is 0 Å². The zero-order chi connectivity index (χ0) is 10.5. The van der Waals surface area contributed by atoms with Gasteiger partial charge in [-0.2, -0.15) is 10.5 Å². The molecule has 0 rings (SSSR count). The van der Waals surface area contributed by atoms with Gasteiger partial charge in [0, 0.05) is 12.8 Å². The summed E-state index contributed by atoms with van der Waals surface area (Å²) in [4.78, 5) is 0. The molecule has 0 atom stereocenters. The molecule has 2 heteroatoms. The van der Waals surface area contributed by atoms with E-state index in [1.807, 2.05) is 0 Å². The first-order valence-electron chi connectivity index (χ1n) is 5.30. The van der Waals surface area contributed by atoms with Crippen LogP contribution < -0.4 is 0 Å². The molecule has 0 aliphatic rings. The lowest BCUT2D eigenvalue weighted by atomic mass is 10.1. The average Bonchev–Trinajstić information content (AvgIpc) is 2.21. The van der Waals surface area contributed by atoms with Crippen LogP contribution in [0.25, 0.3) is 0 Å². The molecule has 2 nitrogen and oxygen atoms in total. The molecule has 0 radical (unpaired) electrons. The van der Waals surface area contributed by atoms with E-state index in [1.165, 1.54) is 0 Å². The SMILES string of the molecule is N#CCCCC/C=C/CCCCC#N. The summed E-state index contributed by atoms with van der Waals surface area (Å²) in [5.41, 5.74) is 0. The molecule has 0 N–H and O–H groups in total. The summed E-state index contributed by atoms with van der Waals surface area (Å²) in [6, 6.07) is 4.28.